The van der Waals surface area contributed by atoms with Crippen molar-refractivity contribution in [2.24, 2.45) is 0 Å². The number of β-amino-alcohol motifs (C(OH)–C–C–N with tert-alkyl or cyclic N) is 1. The van der Waals surface area contributed by atoms with Crippen LogP contribution in [0.5, 0.6) is 0 Å². The average molecular weight is 376 g/mol. The molecule has 2 saturated heterocycles. The van der Waals surface area contributed by atoms with E-state index in [0.717, 1.165) is 38.2 Å². The van der Waals surface area contributed by atoms with Gasteiger partial charge < -0.3 is 19.6 Å². The van der Waals surface area contributed by atoms with Crippen molar-refractivity contribution in [3.63, 3.8) is 0 Å². The number of hydrogen-bond donors (Lipinski definition) is 1. The summed E-state index contributed by atoms with van der Waals surface area (Å²) in [7, 11) is 4.05. The first-order chi connectivity index (χ1) is 13.0. The van der Waals surface area contributed by atoms with Crippen molar-refractivity contribution < 1.29 is 14.6 Å². The van der Waals surface area contributed by atoms with E-state index in [4.69, 9.17) is 4.74 Å². The number of aliphatic hydroxyl groups is 1. The predicted octanol–water partition coefficient (Wildman–Crippen LogP) is 1.19. The molecule has 1 aromatic carbocycles. The van der Waals surface area contributed by atoms with E-state index in [1.807, 2.05) is 37.2 Å². The lowest BCUT2D eigenvalue weighted by Crippen LogP contribution is -2.51. The molecule has 1 aromatic rings. The predicted molar refractivity (Wildman–Crippen MR) is 105 cm³/mol. The zero-order valence-corrected chi connectivity index (χ0v) is 16.6. The zero-order valence-electron chi connectivity index (χ0n) is 16.6. The quantitative estimate of drug-likeness (QED) is 0.776. The highest BCUT2D eigenvalue weighted by atomic mass is 16.5. The van der Waals surface area contributed by atoms with Crippen LogP contribution in [0.15, 0.2) is 30.3 Å². The van der Waals surface area contributed by atoms with E-state index in [1.54, 1.807) is 0 Å². The maximum atomic E-state index is 13.5. The smallest absolute Gasteiger partial charge is 0.240 e. The Hall–Kier alpha value is -1.47. The second-order valence-electron chi connectivity index (χ2n) is 7.99. The third-order valence-corrected chi connectivity index (χ3v) is 5.61. The summed E-state index contributed by atoms with van der Waals surface area (Å²) in [5.41, 5.74) is 1.14. The van der Waals surface area contributed by atoms with E-state index in [9.17, 15) is 9.90 Å². The molecular formula is C21H33N3O3. The van der Waals surface area contributed by atoms with Gasteiger partial charge in [0.05, 0.1) is 12.1 Å². The summed E-state index contributed by atoms with van der Waals surface area (Å²) in [6, 6.07) is 10.3. The molecule has 2 heterocycles. The molecule has 0 spiro atoms. The molecule has 0 radical (unpaired) electrons. The largest absolute Gasteiger partial charge is 0.392 e. The van der Waals surface area contributed by atoms with Gasteiger partial charge in [0.25, 0.3) is 0 Å². The SMILES string of the molecule is CN(C)CCN(Cc1ccccc1)C(=O)[C@@H]1C[C@@H](O)CN1C1CCOCC1. The van der Waals surface area contributed by atoms with Gasteiger partial charge in [-0.1, -0.05) is 30.3 Å². The van der Waals surface area contributed by atoms with Crippen molar-refractivity contribution in [2.45, 2.75) is 44.0 Å². The molecule has 1 amide bonds. The Morgan fingerprint density at radius 3 is 2.56 bits per heavy atom. The van der Waals surface area contributed by atoms with Gasteiger partial charge in [0, 0.05) is 45.4 Å². The first-order valence-corrected chi connectivity index (χ1v) is 10.0. The second-order valence-corrected chi connectivity index (χ2v) is 7.99. The Bertz CT molecular complexity index is 590. The molecule has 2 aliphatic rings. The number of ether oxygens (including phenoxy) is 1. The third-order valence-electron chi connectivity index (χ3n) is 5.61. The normalized spacial score (nSPS) is 24.4. The summed E-state index contributed by atoms with van der Waals surface area (Å²) in [4.78, 5) is 19.8. The van der Waals surface area contributed by atoms with Crippen LogP contribution in [0, 0.1) is 0 Å². The molecule has 0 aliphatic carbocycles. The molecule has 0 aromatic heterocycles. The highest BCUT2D eigenvalue weighted by Crippen LogP contribution is 2.27. The third kappa shape index (κ3) is 5.51. The van der Waals surface area contributed by atoms with Crippen molar-refractivity contribution in [1.29, 1.82) is 0 Å². The number of benzene rings is 1. The van der Waals surface area contributed by atoms with Gasteiger partial charge in [-0.25, -0.2) is 0 Å². The fourth-order valence-electron chi connectivity index (χ4n) is 4.10. The van der Waals surface area contributed by atoms with Gasteiger partial charge >= 0.3 is 0 Å². The first-order valence-electron chi connectivity index (χ1n) is 10.0. The van der Waals surface area contributed by atoms with Gasteiger partial charge in [0.2, 0.25) is 5.91 Å². The number of rotatable bonds is 7. The van der Waals surface area contributed by atoms with Gasteiger partial charge in [-0.2, -0.15) is 0 Å². The summed E-state index contributed by atoms with van der Waals surface area (Å²) in [5, 5.41) is 10.3. The van der Waals surface area contributed by atoms with Gasteiger partial charge in [-0.3, -0.25) is 9.69 Å². The summed E-state index contributed by atoms with van der Waals surface area (Å²) in [6.45, 7) is 4.20. The van der Waals surface area contributed by atoms with Crippen molar-refractivity contribution in [1.82, 2.24) is 14.7 Å². The summed E-state index contributed by atoms with van der Waals surface area (Å²) in [5.74, 6) is 0.142. The molecule has 0 bridgehead atoms. The molecule has 27 heavy (non-hydrogen) atoms. The zero-order chi connectivity index (χ0) is 19.2. The van der Waals surface area contributed by atoms with Gasteiger partial charge in [-0.05, 0) is 38.9 Å². The molecule has 6 nitrogen and oxygen atoms in total. The summed E-state index contributed by atoms with van der Waals surface area (Å²) in [6.07, 6.45) is 1.98. The number of carbonyl (C=O) groups is 1. The molecule has 3 rings (SSSR count). The van der Waals surface area contributed by atoms with Crippen molar-refractivity contribution in [2.75, 3.05) is 46.9 Å². The van der Waals surface area contributed by atoms with E-state index in [2.05, 4.69) is 21.9 Å². The van der Waals surface area contributed by atoms with Crippen LogP contribution in [0.25, 0.3) is 0 Å². The van der Waals surface area contributed by atoms with Crippen LogP contribution in [-0.4, -0.2) is 90.8 Å². The molecular weight excluding hydrogens is 342 g/mol. The average Bonchev–Trinajstić information content (AvgIpc) is 3.07. The molecule has 0 unspecified atom stereocenters. The maximum absolute atomic E-state index is 13.5. The van der Waals surface area contributed by atoms with E-state index >= 15 is 0 Å². The van der Waals surface area contributed by atoms with Crippen molar-refractivity contribution in [3.05, 3.63) is 35.9 Å². The molecule has 0 saturated carbocycles. The highest BCUT2D eigenvalue weighted by Gasteiger charge is 2.41. The summed E-state index contributed by atoms with van der Waals surface area (Å²) >= 11 is 0. The Labute approximate surface area is 162 Å². The van der Waals surface area contributed by atoms with Crippen LogP contribution in [0.2, 0.25) is 0 Å². The number of aliphatic hydroxyl groups excluding tert-OH is 1. The first kappa shape index (κ1) is 20.3. The van der Waals surface area contributed by atoms with Crippen LogP contribution in [-0.2, 0) is 16.1 Å². The van der Waals surface area contributed by atoms with Crippen LogP contribution in [0.3, 0.4) is 0 Å². The standard InChI is InChI=1S/C21H33N3O3/c1-22(2)10-11-23(15-17-6-4-3-5-7-17)21(26)20-14-19(25)16-24(20)18-8-12-27-13-9-18/h3-7,18-20,25H,8-16H2,1-2H3/t19-,20+/m1/s1. The topological polar surface area (TPSA) is 56.2 Å². The maximum Gasteiger partial charge on any atom is 0.240 e. The van der Waals surface area contributed by atoms with Crippen LogP contribution in [0.4, 0.5) is 0 Å². The van der Waals surface area contributed by atoms with E-state index < -0.39 is 6.10 Å². The fraction of sp³-hybridized carbons (Fsp3) is 0.667. The number of amides is 1. The number of carbonyl (C=O) groups excluding carboxylic acids is 1. The van der Waals surface area contributed by atoms with Gasteiger partial charge in [-0.15, -0.1) is 0 Å². The van der Waals surface area contributed by atoms with E-state index in [-0.39, 0.29) is 11.9 Å². The Kier molecular flexibility index (Phi) is 7.24. The summed E-state index contributed by atoms with van der Waals surface area (Å²) < 4.78 is 5.48. The second kappa shape index (κ2) is 9.64. The van der Waals surface area contributed by atoms with Gasteiger partial charge in [0.15, 0.2) is 0 Å². The van der Waals surface area contributed by atoms with E-state index in [0.29, 0.717) is 32.1 Å². The molecule has 6 heteroatoms. The molecule has 1 N–H and O–H groups in total. The number of hydrogen-bond acceptors (Lipinski definition) is 5. The molecule has 2 aliphatic heterocycles. The van der Waals surface area contributed by atoms with Crippen LogP contribution >= 0.6 is 0 Å². The minimum Gasteiger partial charge on any atom is -0.392 e. The molecule has 150 valence electrons. The Morgan fingerprint density at radius 1 is 1.19 bits per heavy atom. The minimum atomic E-state index is -0.422. The Balaban J connectivity index is 1.73. The van der Waals surface area contributed by atoms with Gasteiger partial charge in [0.1, 0.15) is 0 Å². The lowest BCUT2D eigenvalue weighted by Gasteiger charge is -2.37. The fourth-order valence-corrected chi connectivity index (χ4v) is 4.10. The molecule has 2 fully saturated rings. The monoisotopic (exact) mass is 375 g/mol. The molecule has 2 atom stereocenters. The minimum absolute atomic E-state index is 0.142. The Morgan fingerprint density at radius 2 is 1.89 bits per heavy atom. The lowest BCUT2D eigenvalue weighted by molar-refractivity contribution is -0.138. The number of likely N-dealkylation sites (N-methyl/N-ethyl adjacent to an activating group) is 1. The van der Waals surface area contributed by atoms with E-state index in [1.165, 1.54) is 0 Å². The van der Waals surface area contributed by atoms with Crippen molar-refractivity contribution >= 4 is 5.91 Å². The number of likely N-dealkylation sites (tertiary alicyclic amines) is 1. The lowest BCUT2D eigenvalue weighted by atomic mass is 10.0. The van der Waals surface area contributed by atoms with Crippen LogP contribution < -0.4 is 0 Å². The highest BCUT2D eigenvalue weighted by molar-refractivity contribution is 5.82. The number of nitrogens with zero attached hydrogens (tertiary/aromatic N) is 3. The van der Waals surface area contributed by atoms with Crippen LogP contribution in [0.1, 0.15) is 24.8 Å². The van der Waals surface area contributed by atoms with Crippen molar-refractivity contribution in [3.8, 4) is 0 Å².